The summed E-state index contributed by atoms with van der Waals surface area (Å²) >= 11 is -0.346. The largest absolute Gasteiger partial charge is 0.508 e. The van der Waals surface area contributed by atoms with E-state index < -0.39 is 11.3 Å². The average molecular weight is 562 g/mol. The molecule has 3 aromatic rings. The number of phenolic OH excluding ortho intramolecular Hbond substituents is 1. The SMILES string of the molecule is Oc1ccc2c(c1)C(c1ccc(O[C@H]3CCN(CCCF)C3)cc1)=C(c1ccc(SC(F)(F)F)cc1F)CC2. The molecule has 0 radical (unpaired) electrons. The van der Waals surface area contributed by atoms with Gasteiger partial charge in [-0.2, -0.15) is 13.2 Å². The zero-order valence-electron chi connectivity index (χ0n) is 21.1. The molecule has 1 fully saturated rings. The molecule has 0 spiro atoms. The first kappa shape index (κ1) is 27.5. The summed E-state index contributed by atoms with van der Waals surface area (Å²) in [7, 11) is 0. The molecule has 0 unspecified atom stereocenters. The van der Waals surface area contributed by atoms with Crippen molar-refractivity contribution in [3.8, 4) is 11.5 Å². The molecular weight excluding hydrogens is 533 g/mol. The third-order valence-corrected chi connectivity index (χ3v) is 7.81. The number of rotatable bonds is 8. The molecule has 1 N–H and O–H groups in total. The Hall–Kier alpha value is -3.04. The number of fused-ring (bicyclic) bond motifs is 1. The van der Waals surface area contributed by atoms with E-state index in [9.17, 15) is 22.7 Å². The van der Waals surface area contributed by atoms with Crippen molar-refractivity contribution in [2.45, 2.75) is 42.2 Å². The summed E-state index contributed by atoms with van der Waals surface area (Å²) in [6.45, 7) is 1.99. The van der Waals surface area contributed by atoms with Gasteiger partial charge in [-0.3, -0.25) is 9.29 Å². The minimum atomic E-state index is -4.51. The maximum Gasteiger partial charge on any atom is 0.446 e. The fraction of sp³-hybridized carbons (Fsp3) is 0.333. The Morgan fingerprint density at radius 3 is 2.49 bits per heavy atom. The molecule has 0 bridgehead atoms. The van der Waals surface area contributed by atoms with Gasteiger partial charge in [0.1, 0.15) is 23.4 Å². The van der Waals surface area contributed by atoms with Crippen molar-refractivity contribution in [2.24, 2.45) is 0 Å². The van der Waals surface area contributed by atoms with E-state index in [0.29, 0.717) is 37.1 Å². The van der Waals surface area contributed by atoms with Gasteiger partial charge in [0.25, 0.3) is 0 Å². The van der Waals surface area contributed by atoms with Gasteiger partial charge < -0.3 is 9.84 Å². The molecule has 5 rings (SSSR count). The number of hydrogen-bond donors (Lipinski definition) is 1. The van der Waals surface area contributed by atoms with Crippen LogP contribution in [0.2, 0.25) is 0 Å². The summed E-state index contributed by atoms with van der Waals surface area (Å²) in [5, 5.41) is 10.2. The van der Waals surface area contributed by atoms with Crippen molar-refractivity contribution in [2.75, 3.05) is 26.3 Å². The molecule has 206 valence electrons. The van der Waals surface area contributed by atoms with Crippen LogP contribution in [-0.2, 0) is 6.42 Å². The first-order chi connectivity index (χ1) is 18.7. The number of aryl methyl sites for hydroxylation is 1. The summed E-state index contributed by atoms with van der Waals surface area (Å²) < 4.78 is 72.4. The lowest BCUT2D eigenvalue weighted by molar-refractivity contribution is -0.0328. The fourth-order valence-corrected chi connectivity index (χ4v) is 5.94. The third kappa shape index (κ3) is 6.58. The molecule has 1 aliphatic heterocycles. The van der Waals surface area contributed by atoms with E-state index in [1.54, 1.807) is 12.1 Å². The van der Waals surface area contributed by atoms with Crippen molar-refractivity contribution in [3.63, 3.8) is 0 Å². The summed E-state index contributed by atoms with van der Waals surface area (Å²) in [6, 6.07) is 16.2. The lowest BCUT2D eigenvalue weighted by atomic mass is 9.79. The van der Waals surface area contributed by atoms with Crippen LogP contribution in [0.1, 0.15) is 41.5 Å². The van der Waals surface area contributed by atoms with Crippen LogP contribution in [0.15, 0.2) is 65.6 Å². The van der Waals surface area contributed by atoms with Crippen molar-refractivity contribution < 1.29 is 31.8 Å². The van der Waals surface area contributed by atoms with E-state index >= 15 is 4.39 Å². The molecule has 39 heavy (non-hydrogen) atoms. The minimum absolute atomic E-state index is 0.0137. The van der Waals surface area contributed by atoms with E-state index in [2.05, 4.69) is 4.90 Å². The number of phenols is 1. The highest BCUT2D eigenvalue weighted by atomic mass is 32.2. The maximum absolute atomic E-state index is 15.2. The number of nitrogens with zero attached hydrogens (tertiary/aromatic N) is 1. The van der Waals surface area contributed by atoms with Gasteiger partial charge in [0.15, 0.2) is 0 Å². The first-order valence-electron chi connectivity index (χ1n) is 12.9. The molecule has 1 aliphatic carbocycles. The summed E-state index contributed by atoms with van der Waals surface area (Å²) in [4.78, 5) is 1.98. The van der Waals surface area contributed by atoms with Gasteiger partial charge in [-0.15, -0.1) is 0 Å². The Morgan fingerprint density at radius 1 is 0.974 bits per heavy atom. The first-order valence-corrected chi connectivity index (χ1v) is 13.7. The van der Waals surface area contributed by atoms with Crippen molar-refractivity contribution in [3.05, 3.63) is 88.7 Å². The van der Waals surface area contributed by atoms with Crippen LogP contribution in [0, 0.1) is 5.82 Å². The topological polar surface area (TPSA) is 32.7 Å². The lowest BCUT2D eigenvalue weighted by Crippen LogP contribution is -2.26. The number of alkyl halides is 4. The highest BCUT2D eigenvalue weighted by Gasteiger charge is 2.30. The number of thioether (sulfide) groups is 1. The van der Waals surface area contributed by atoms with Gasteiger partial charge in [0.2, 0.25) is 0 Å². The highest BCUT2D eigenvalue weighted by molar-refractivity contribution is 8.00. The molecule has 0 amide bonds. The summed E-state index contributed by atoms with van der Waals surface area (Å²) in [5.41, 5.74) is -0.324. The van der Waals surface area contributed by atoms with Gasteiger partial charge in [0.05, 0.1) is 6.67 Å². The zero-order chi connectivity index (χ0) is 27.6. The molecule has 1 saturated heterocycles. The van der Waals surface area contributed by atoms with Gasteiger partial charge in [-0.05, 0) is 102 Å². The lowest BCUT2D eigenvalue weighted by Gasteiger charge is -2.25. The molecule has 2 aliphatic rings. The Labute approximate surface area is 228 Å². The molecule has 0 saturated carbocycles. The predicted molar refractivity (Wildman–Crippen MR) is 143 cm³/mol. The number of likely N-dealkylation sites (tertiary alicyclic amines) is 1. The van der Waals surface area contributed by atoms with Crippen molar-refractivity contribution in [1.82, 2.24) is 4.90 Å². The average Bonchev–Trinajstić information content (AvgIpc) is 3.33. The number of ether oxygens (including phenoxy) is 1. The highest BCUT2D eigenvalue weighted by Crippen LogP contribution is 2.44. The molecule has 3 nitrogen and oxygen atoms in total. The van der Waals surface area contributed by atoms with Gasteiger partial charge in [-0.1, -0.05) is 24.3 Å². The quantitative estimate of drug-likeness (QED) is 0.224. The molecule has 1 atom stereocenters. The Balaban J connectivity index is 1.47. The fourth-order valence-electron chi connectivity index (χ4n) is 5.37. The van der Waals surface area contributed by atoms with Crippen molar-refractivity contribution in [1.29, 1.82) is 0 Å². The number of halogens is 5. The Bertz CT molecular complexity index is 1360. The van der Waals surface area contributed by atoms with Crippen LogP contribution in [0.5, 0.6) is 11.5 Å². The Morgan fingerprint density at radius 2 is 1.77 bits per heavy atom. The second-order valence-electron chi connectivity index (χ2n) is 9.78. The van der Waals surface area contributed by atoms with E-state index in [4.69, 9.17) is 4.74 Å². The zero-order valence-corrected chi connectivity index (χ0v) is 21.9. The van der Waals surface area contributed by atoms with Crippen molar-refractivity contribution >= 4 is 22.9 Å². The second-order valence-corrected chi connectivity index (χ2v) is 10.9. The normalized spacial score (nSPS) is 17.9. The number of allylic oxidation sites excluding steroid dienone is 1. The van der Waals surface area contributed by atoms with Gasteiger partial charge in [0, 0.05) is 30.1 Å². The summed E-state index contributed by atoms with van der Waals surface area (Å²) in [6.07, 6.45) is 2.48. The monoisotopic (exact) mass is 561 g/mol. The smallest absolute Gasteiger partial charge is 0.446 e. The summed E-state index contributed by atoms with van der Waals surface area (Å²) in [5.74, 6) is 0.0344. The minimum Gasteiger partial charge on any atom is -0.508 e. The van der Waals surface area contributed by atoms with E-state index in [-0.39, 0.29) is 40.7 Å². The number of benzene rings is 3. The van der Waals surface area contributed by atoms with E-state index in [0.717, 1.165) is 47.8 Å². The van der Waals surface area contributed by atoms with Crippen LogP contribution in [0.3, 0.4) is 0 Å². The molecule has 1 heterocycles. The number of hydrogen-bond acceptors (Lipinski definition) is 4. The van der Waals surface area contributed by atoms with E-state index in [1.807, 2.05) is 30.3 Å². The predicted octanol–water partition coefficient (Wildman–Crippen LogP) is 7.86. The second kappa shape index (κ2) is 11.6. The Kier molecular flexibility index (Phi) is 8.19. The molecule has 3 aromatic carbocycles. The molecule has 0 aromatic heterocycles. The van der Waals surface area contributed by atoms with Crippen LogP contribution >= 0.6 is 11.8 Å². The van der Waals surface area contributed by atoms with Crippen LogP contribution in [0.25, 0.3) is 11.1 Å². The molecular formula is C30H28F5NO2S. The van der Waals surface area contributed by atoms with Crippen LogP contribution < -0.4 is 4.74 Å². The van der Waals surface area contributed by atoms with Gasteiger partial charge >= 0.3 is 5.51 Å². The van der Waals surface area contributed by atoms with Gasteiger partial charge in [-0.25, -0.2) is 4.39 Å². The molecule has 9 heteroatoms. The number of aromatic hydroxyl groups is 1. The van der Waals surface area contributed by atoms with Crippen LogP contribution in [-0.4, -0.2) is 47.9 Å². The van der Waals surface area contributed by atoms with Crippen LogP contribution in [0.4, 0.5) is 22.0 Å². The maximum atomic E-state index is 15.2. The van der Waals surface area contributed by atoms with E-state index in [1.165, 1.54) is 12.1 Å². The standard InChI is InChI=1S/C30H28F5NO2S/c31-13-1-14-36-15-12-23(18-36)38-22-7-3-20(4-8-22)29-26(10-5-19-2-6-21(37)16-27(19)29)25-11-9-24(17-28(25)32)39-30(33,34)35/h2-4,6-9,11,16-17,23,37H,1,5,10,12-15,18H2/t23-/m0/s1. The third-order valence-electron chi connectivity index (χ3n) is 7.09.